The molecule has 0 atom stereocenters. The van der Waals surface area contributed by atoms with Gasteiger partial charge in [0, 0.05) is 35.9 Å². The second-order valence-electron chi connectivity index (χ2n) is 7.56. The molecule has 1 aromatic heterocycles. The van der Waals surface area contributed by atoms with E-state index in [0.29, 0.717) is 43.5 Å². The van der Waals surface area contributed by atoms with Crippen LogP contribution >= 0.6 is 0 Å². The summed E-state index contributed by atoms with van der Waals surface area (Å²) in [7, 11) is 0. The predicted molar refractivity (Wildman–Crippen MR) is 117 cm³/mol. The molecule has 158 valence electrons. The lowest BCUT2D eigenvalue weighted by Crippen LogP contribution is -2.37. The standard InChI is InChI=1S/C23H22N4O4/c1-15-12-19(17-4-2-3-5-18(17)24-15)25-22(28)14-26-8-9-27(23(26)29)16-6-7-20-21(13-16)31-11-10-30-20/h2-7,12-13H,8-11,14H2,1H3,(H,24,25,28). The molecule has 2 aromatic carbocycles. The van der Waals surface area contributed by atoms with E-state index in [1.807, 2.05) is 55.5 Å². The van der Waals surface area contributed by atoms with Crippen LogP contribution in [-0.4, -0.2) is 54.7 Å². The number of hydrogen-bond acceptors (Lipinski definition) is 5. The summed E-state index contributed by atoms with van der Waals surface area (Å²) < 4.78 is 11.2. The first-order chi connectivity index (χ1) is 15.1. The zero-order valence-electron chi connectivity index (χ0n) is 17.1. The molecule has 0 spiro atoms. The Morgan fingerprint density at radius 3 is 2.74 bits per heavy atom. The number of fused-ring (bicyclic) bond motifs is 2. The number of nitrogens with zero attached hydrogens (tertiary/aromatic N) is 3. The van der Waals surface area contributed by atoms with E-state index in [-0.39, 0.29) is 18.5 Å². The van der Waals surface area contributed by atoms with Gasteiger partial charge < -0.3 is 19.7 Å². The molecule has 1 N–H and O–H groups in total. The second kappa shape index (κ2) is 7.79. The van der Waals surface area contributed by atoms with Crippen molar-refractivity contribution in [3.8, 4) is 11.5 Å². The number of para-hydroxylation sites is 1. The predicted octanol–water partition coefficient (Wildman–Crippen LogP) is 3.20. The minimum atomic E-state index is -0.242. The number of pyridine rings is 1. The normalized spacial score (nSPS) is 15.5. The Hall–Kier alpha value is -3.81. The number of nitrogens with one attached hydrogen (secondary N) is 1. The van der Waals surface area contributed by atoms with Crippen LogP contribution in [0.1, 0.15) is 5.69 Å². The van der Waals surface area contributed by atoms with Gasteiger partial charge in [-0.25, -0.2) is 4.79 Å². The van der Waals surface area contributed by atoms with E-state index in [1.54, 1.807) is 9.80 Å². The summed E-state index contributed by atoms with van der Waals surface area (Å²) in [6.07, 6.45) is 0. The van der Waals surface area contributed by atoms with Crippen LogP contribution in [0.2, 0.25) is 0 Å². The third kappa shape index (κ3) is 3.72. The van der Waals surface area contributed by atoms with Crippen molar-refractivity contribution in [2.24, 2.45) is 0 Å². The summed E-state index contributed by atoms with van der Waals surface area (Å²) in [5.41, 5.74) is 3.06. The Bertz CT molecular complexity index is 1180. The molecular weight excluding hydrogens is 396 g/mol. The minimum absolute atomic E-state index is 0.0183. The zero-order chi connectivity index (χ0) is 21.4. The maximum Gasteiger partial charge on any atom is 0.325 e. The van der Waals surface area contributed by atoms with Crippen LogP contribution in [0.5, 0.6) is 11.5 Å². The lowest BCUT2D eigenvalue weighted by molar-refractivity contribution is -0.116. The molecule has 0 bridgehead atoms. The Morgan fingerprint density at radius 2 is 1.87 bits per heavy atom. The van der Waals surface area contributed by atoms with Crippen LogP contribution in [0.3, 0.4) is 0 Å². The van der Waals surface area contributed by atoms with Crippen molar-refractivity contribution in [1.29, 1.82) is 0 Å². The number of carbonyl (C=O) groups excluding carboxylic acids is 2. The Kier molecular flexibility index (Phi) is 4.82. The van der Waals surface area contributed by atoms with Crippen molar-refractivity contribution >= 4 is 34.2 Å². The number of amides is 3. The summed E-state index contributed by atoms with van der Waals surface area (Å²) in [6.45, 7) is 3.84. The van der Waals surface area contributed by atoms with E-state index >= 15 is 0 Å². The van der Waals surface area contributed by atoms with Gasteiger partial charge in [0.2, 0.25) is 5.91 Å². The highest BCUT2D eigenvalue weighted by molar-refractivity contribution is 6.04. The van der Waals surface area contributed by atoms with Gasteiger partial charge in [0.25, 0.3) is 0 Å². The lowest BCUT2D eigenvalue weighted by atomic mass is 10.1. The van der Waals surface area contributed by atoms with E-state index in [0.717, 1.165) is 22.3 Å². The second-order valence-corrected chi connectivity index (χ2v) is 7.56. The fraction of sp³-hybridized carbons (Fsp3) is 0.261. The number of aryl methyl sites for hydroxylation is 1. The van der Waals surface area contributed by atoms with Gasteiger partial charge in [-0.2, -0.15) is 0 Å². The van der Waals surface area contributed by atoms with Crippen LogP contribution in [0, 0.1) is 6.92 Å². The maximum atomic E-state index is 12.9. The monoisotopic (exact) mass is 418 g/mol. The number of hydrogen-bond donors (Lipinski definition) is 1. The quantitative estimate of drug-likeness (QED) is 0.704. The van der Waals surface area contributed by atoms with Crippen molar-refractivity contribution in [3.05, 3.63) is 54.2 Å². The molecule has 8 heteroatoms. The summed E-state index contributed by atoms with van der Waals surface area (Å²) in [4.78, 5) is 33.3. The van der Waals surface area contributed by atoms with Gasteiger partial charge in [0.15, 0.2) is 11.5 Å². The summed E-state index contributed by atoms with van der Waals surface area (Å²) in [5, 5.41) is 3.81. The molecule has 0 aliphatic carbocycles. The Morgan fingerprint density at radius 1 is 1.06 bits per heavy atom. The summed E-state index contributed by atoms with van der Waals surface area (Å²) >= 11 is 0. The molecule has 1 fully saturated rings. The van der Waals surface area contributed by atoms with Crippen molar-refractivity contribution < 1.29 is 19.1 Å². The van der Waals surface area contributed by atoms with E-state index in [4.69, 9.17) is 9.47 Å². The Balaban J connectivity index is 1.28. The maximum absolute atomic E-state index is 12.9. The minimum Gasteiger partial charge on any atom is -0.486 e. The molecule has 8 nitrogen and oxygen atoms in total. The molecule has 5 rings (SSSR count). The van der Waals surface area contributed by atoms with E-state index in [9.17, 15) is 9.59 Å². The largest absolute Gasteiger partial charge is 0.486 e. The number of aromatic nitrogens is 1. The first-order valence-electron chi connectivity index (χ1n) is 10.2. The first kappa shape index (κ1) is 19.2. The number of anilines is 2. The fourth-order valence-corrected chi connectivity index (χ4v) is 3.94. The molecule has 2 aliphatic heterocycles. The van der Waals surface area contributed by atoms with Crippen LogP contribution in [0.15, 0.2) is 48.5 Å². The van der Waals surface area contributed by atoms with Crippen LogP contribution in [-0.2, 0) is 4.79 Å². The molecule has 0 saturated carbocycles. The SMILES string of the molecule is Cc1cc(NC(=O)CN2CCN(c3ccc4c(c3)OCCO4)C2=O)c2ccccc2n1. The van der Waals surface area contributed by atoms with Gasteiger partial charge in [0.1, 0.15) is 19.8 Å². The number of benzene rings is 2. The molecule has 0 radical (unpaired) electrons. The molecule has 3 heterocycles. The molecule has 31 heavy (non-hydrogen) atoms. The highest BCUT2D eigenvalue weighted by Crippen LogP contribution is 2.35. The zero-order valence-corrected chi connectivity index (χ0v) is 17.1. The Labute approximate surface area is 179 Å². The third-order valence-corrected chi connectivity index (χ3v) is 5.39. The van der Waals surface area contributed by atoms with Gasteiger partial charge in [-0.3, -0.25) is 14.7 Å². The van der Waals surface area contributed by atoms with E-state index in [2.05, 4.69) is 10.3 Å². The smallest absolute Gasteiger partial charge is 0.325 e. The number of carbonyl (C=O) groups is 2. The number of ether oxygens (including phenoxy) is 2. The topological polar surface area (TPSA) is 84.0 Å². The third-order valence-electron chi connectivity index (χ3n) is 5.39. The first-order valence-corrected chi connectivity index (χ1v) is 10.2. The van der Waals surface area contributed by atoms with E-state index < -0.39 is 0 Å². The molecular formula is C23H22N4O4. The van der Waals surface area contributed by atoms with Gasteiger partial charge >= 0.3 is 6.03 Å². The highest BCUT2D eigenvalue weighted by Gasteiger charge is 2.31. The van der Waals surface area contributed by atoms with Crippen molar-refractivity contribution in [1.82, 2.24) is 9.88 Å². The van der Waals surface area contributed by atoms with Crippen LogP contribution in [0.4, 0.5) is 16.2 Å². The van der Waals surface area contributed by atoms with Crippen molar-refractivity contribution in [2.75, 3.05) is 43.1 Å². The van der Waals surface area contributed by atoms with Gasteiger partial charge in [-0.15, -0.1) is 0 Å². The van der Waals surface area contributed by atoms with Crippen molar-refractivity contribution in [3.63, 3.8) is 0 Å². The summed E-state index contributed by atoms with van der Waals surface area (Å²) in [6, 6.07) is 14.7. The lowest BCUT2D eigenvalue weighted by Gasteiger charge is -2.22. The molecule has 0 unspecified atom stereocenters. The van der Waals surface area contributed by atoms with Gasteiger partial charge in [-0.1, -0.05) is 18.2 Å². The average molecular weight is 418 g/mol. The molecule has 3 aromatic rings. The number of rotatable bonds is 4. The molecule has 2 aliphatic rings. The molecule has 3 amide bonds. The highest BCUT2D eigenvalue weighted by atomic mass is 16.6. The van der Waals surface area contributed by atoms with Crippen LogP contribution in [0.25, 0.3) is 10.9 Å². The summed E-state index contributed by atoms with van der Waals surface area (Å²) in [5.74, 6) is 1.07. The van der Waals surface area contributed by atoms with E-state index in [1.165, 1.54) is 0 Å². The fourth-order valence-electron chi connectivity index (χ4n) is 3.94. The van der Waals surface area contributed by atoms with Crippen molar-refractivity contribution in [2.45, 2.75) is 6.92 Å². The molecule has 1 saturated heterocycles. The average Bonchev–Trinajstić information content (AvgIpc) is 3.13. The number of urea groups is 1. The van der Waals surface area contributed by atoms with Crippen LogP contribution < -0.4 is 19.7 Å². The van der Waals surface area contributed by atoms with Gasteiger partial charge in [0.05, 0.1) is 11.2 Å². The van der Waals surface area contributed by atoms with Gasteiger partial charge in [-0.05, 0) is 31.2 Å².